The van der Waals surface area contributed by atoms with Gasteiger partial charge in [0.1, 0.15) is 11.6 Å². The predicted octanol–water partition coefficient (Wildman–Crippen LogP) is 10.4. The molecule has 0 radical (unpaired) electrons. The van der Waals surface area contributed by atoms with Crippen LogP contribution in [0.4, 0.5) is 22.7 Å². The summed E-state index contributed by atoms with van der Waals surface area (Å²) in [5.41, 5.74) is 4.82. The number of rotatable bonds is 0. The minimum Gasteiger partial charge on any atom is -0.354 e. The SMILES string of the molecule is CC(C)=O.CC(C)=O.CCC.c1ccc2c(c1)Nc1ccccc1S2.c1ccc2c(c1)Nc1ccccc1S2. The van der Waals surface area contributed by atoms with E-state index in [-0.39, 0.29) is 11.6 Å². The van der Waals surface area contributed by atoms with Crippen LogP contribution in [0.5, 0.6) is 0 Å². The fourth-order valence-corrected chi connectivity index (χ4v) is 5.14. The molecule has 0 atom stereocenters. The first-order valence-corrected chi connectivity index (χ1v) is 14.6. The van der Waals surface area contributed by atoms with E-state index < -0.39 is 0 Å². The highest BCUT2D eigenvalue weighted by atomic mass is 32.2. The Morgan fingerprint density at radius 1 is 0.487 bits per heavy atom. The molecule has 0 aromatic heterocycles. The number of carbonyl (C=O) groups excluding carboxylic acids is 2. The van der Waals surface area contributed by atoms with Crippen LogP contribution in [0.2, 0.25) is 0 Å². The third-order valence-electron chi connectivity index (χ3n) is 4.53. The van der Waals surface area contributed by atoms with Crippen molar-refractivity contribution in [3.05, 3.63) is 97.1 Å². The molecule has 0 saturated carbocycles. The Labute approximate surface area is 242 Å². The molecular weight excluding hydrogens is 521 g/mol. The van der Waals surface area contributed by atoms with Crippen molar-refractivity contribution in [3.63, 3.8) is 0 Å². The Bertz CT molecular complexity index is 1070. The average Bonchev–Trinajstić information content (AvgIpc) is 2.91. The molecule has 0 spiro atoms. The molecule has 0 saturated heterocycles. The first kappa shape index (κ1) is 31.7. The van der Waals surface area contributed by atoms with Crippen LogP contribution in [0.3, 0.4) is 0 Å². The second-order valence-corrected chi connectivity index (χ2v) is 11.1. The zero-order valence-electron chi connectivity index (χ0n) is 23.6. The van der Waals surface area contributed by atoms with Crippen LogP contribution < -0.4 is 10.6 Å². The first-order valence-electron chi connectivity index (χ1n) is 12.9. The molecule has 4 aromatic carbocycles. The van der Waals surface area contributed by atoms with Crippen LogP contribution >= 0.6 is 23.5 Å². The molecule has 2 N–H and O–H groups in total. The average molecular weight is 559 g/mol. The number of hydrogen-bond donors (Lipinski definition) is 2. The van der Waals surface area contributed by atoms with Gasteiger partial charge in [0, 0.05) is 19.6 Å². The number of anilines is 4. The zero-order valence-corrected chi connectivity index (χ0v) is 25.2. The summed E-state index contributed by atoms with van der Waals surface area (Å²) in [5, 5.41) is 6.84. The van der Waals surface area contributed by atoms with Gasteiger partial charge in [0.15, 0.2) is 0 Å². The van der Waals surface area contributed by atoms with Crippen LogP contribution in [0, 0.1) is 0 Å². The van der Waals surface area contributed by atoms with Crippen LogP contribution in [0.25, 0.3) is 0 Å². The lowest BCUT2D eigenvalue weighted by molar-refractivity contribution is -0.115. The molecule has 4 nitrogen and oxygen atoms in total. The van der Waals surface area contributed by atoms with Crippen molar-refractivity contribution in [1.29, 1.82) is 0 Å². The fraction of sp³-hybridized carbons (Fsp3) is 0.212. The smallest absolute Gasteiger partial charge is 0.126 e. The van der Waals surface area contributed by atoms with Crippen molar-refractivity contribution in [2.24, 2.45) is 0 Å². The summed E-state index contributed by atoms with van der Waals surface area (Å²) in [6.07, 6.45) is 1.25. The predicted molar refractivity (Wildman–Crippen MR) is 169 cm³/mol. The lowest BCUT2D eigenvalue weighted by atomic mass is 10.2. The number of para-hydroxylation sites is 4. The molecule has 0 unspecified atom stereocenters. The van der Waals surface area contributed by atoms with E-state index in [9.17, 15) is 9.59 Å². The summed E-state index contributed by atoms with van der Waals surface area (Å²) in [5.74, 6) is 0.333. The van der Waals surface area contributed by atoms with Crippen LogP contribution in [-0.2, 0) is 9.59 Å². The molecule has 0 aliphatic carbocycles. The van der Waals surface area contributed by atoms with Crippen molar-refractivity contribution >= 4 is 57.8 Å². The van der Waals surface area contributed by atoms with E-state index in [4.69, 9.17) is 0 Å². The van der Waals surface area contributed by atoms with Gasteiger partial charge in [0.2, 0.25) is 0 Å². The third-order valence-corrected chi connectivity index (χ3v) is 6.83. The van der Waals surface area contributed by atoms with Crippen LogP contribution in [0.15, 0.2) is 117 Å². The molecule has 2 aliphatic rings. The van der Waals surface area contributed by atoms with Gasteiger partial charge in [0.25, 0.3) is 0 Å². The molecule has 4 aromatic rings. The zero-order chi connectivity index (χ0) is 28.6. The second kappa shape index (κ2) is 17.2. The lowest BCUT2D eigenvalue weighted by Crippen LogP contribution is -1.98. The van der Waals surface area contributed by atoms with Crippen LogP contribution in [-0.4, -0.2) is 11.6 Å². The summed E-state index contributed by atoms with van der Waals surface area (Å²) in [7, 11) is 0. The Morgan fingerprint density at radius 2 is 0.667 bits per heavy atom. The maximum atomic E-state index is 9.44. The van der Waals surface area contributed by atoms with Gasteiger partial charge in [-0.3, -0.25) is 0 Å². The Kier molecular flexibility index (Phi) is 14.0. The maximum Gasteiger partial charge on any atom is 0.126 e. The second-order valence-electron chi connectivity index (χ2n) is 8.96. The molecule has 0 fully saturated rings. The summed E-state index contributed by atoms with van der Waals surface area (Å²) in [4.78, 5) is 24.1. The normalized spacial score (nSPS) is 10.8. The van der Waals surface area contributed by atoms with Crippen molar-refractivity contribution in [3.8, 4) is 0 Å². The van der Waals surface area contributed by atoms with Gasteiger partial charge < -0.3 is 20.2 Å². The minimum atomic E-state index is 0.167. The molecular formula is C33H38N2O2S2. The molecule has 2 aliphatic heterocycles. The molecule has 0 bridgehead atoms. The molecule has 204 valence electrons. The number of carbonyl (C=O) groups is 2. The van der Waals surface area contributed by atoms with E-state index >= 15 is 0 Å². The quantitative estimate of drug-likeness (QED) is 0.193. The van der Waals surface area contributed by atoms with Crippen molar-refractivity contribution in [1.82, 2.24) is 0 Å². The van der Waals surface area contributed by atoms with Crippen molar-refractivity contribution in [2.45, 2.75) is 67.5 Å². The number of ketones is 2. The first-order chi connectivity index (χ1) is 18.7. The van der Waals surface area contributed by atoms with E-state index in [1.165, 1.54) is 76.4 Å². The Hall–Kier alpha value is -3.48. The highest BCUT2D eigenvalue weighted by molar-refractivity contribution is 8.00. The topological polar surface area (TPSA) is 58.2 Å². The molecule has 0 amide bonds. The standard InChI is InChI=1S/2C12H9NS.2C3H6O.C3H8/c2*1-3-7-11-9(5-1)13-10-6-2-4-8-12(10)14-11;2*1-3(2)4;1-3-2/h2*1-8,13H;2*1-2H3;3H2,1-2H3. The minimum absolute atomic E-state index is 0.167. The summed E-state index contributed by atoms with van der Waals surface area (Å²) < 4.78 is 0. The van der Waals surface area contributed by atoms with Gasteiger partial charge in [-0.2, -0.15) is 0 Å². The highest BCUT2D eigenvalue weighted by Gasteiger charge is 2.14. The van der Waals surface area contributed by atoms with E-state index in [0.29, 0.717) is 0 Å². The van der Waals surface area contributed by atoms with Gasteiger partial charge in [-0.15, -0.1) is 0 Å². The van der Waals surface area contributed by atoms with Crippen molar-refractivity contribution < 1.29 is 9.59 Å². The van der Waals surface area contributed by atoms with Gasteiger partial charge in [-0.05, 0) is 76.2 Å². The van der Waals surface area contributed by atoms with E-state index in [2.05, 4.69) is 122 Å². The Balaban J connectivity index is 0.000000201. The van der Waals surface area contributed by atoms with Gasteiger partial charge >= 0.3 is 0 Å². The summed E-state index contributed by atoms with van der Waals surface area (Å²) in [6, 6.07) is 33.5. The van der Waals surface area contributed by atoms with E-state index in [1.807, 2.05) is 23.5 Å². The van der Waals surface area contributed by atoms with Gasteiger partial charge in [0.05, 0.1) is 22.7 Å². The van der Waals surface area contributed by atoms with Crippen molar-refractivity contribution in [2.75, 3.05) is 10.6 Å². The molecule has 2 heterocycles. The molecule has 6 heteroatoms. The number of nitrogens with one attached hydrogen (secondary N) is 2. The molecule has 6 rings (SSSR count). The summed E-state index contributed by atoms with van der Waals surface area (Å²) >= 11 is 3.64. The maximum absolute atomic E-state index is 9.44. The number of hydrogen-bond acceptors (Lipinski definition) is 6. The van der Waals surface area contributed by atoms with Gasteiger partial charge in [-0.1, -0.05) is 92.3 Å². The monoisotopic (exact) mass is 558 g/mol. The third kappa shape index (κ3) is 11.4. The van der Waals surface area contributed by atoms with Crippen LogP contribution in [0.1, 0.15) is 48.0 Å². The lowest BCUT2D eigenvalue weighted by Gasteiger charge is -2.19. The van der Waals surface area contributed by atoms with E-state index in [1.54, 1.807) is 0 Å². The number of fused-ring (bicyclic) bond motifs is 4. The highest BCUT2D eigenvalue weighted by Crippen LogP contribution is 2.44. The van der Waals surface area contributed by atoms with Gasteiger partial charge in [-0.25, -0.2) is 0 Å². The summed E-state index contributed by atoms with van der Waals surface area (Å²) in [6.45, 7) is 10.4. The number of benzene rings is 4. The largest absolute Gasteiger partial charge is 0.354 e. The fourth-order valence-electron chi connectivity index (χ4n) is 3.16. The number of Topliss-reactive ketones (excluding diaryl/α,β-unsaturated/α-hetero) is 2. The van der Waals surface area contributed by atoms with E-state index in [0.717, 1.165) is 0 Å². The molecule has 39 heavy (non-hydrogen) atoms. The Morgan fingerprint density at radius 3 is 0.872 bits per heavy atom.